The van der Waals surface area contributed by atoms with Crippen LogP contribution in [0.15, 0.2) is 60.9 Å². The average molecular weight is 547 g/mol. The van der Waals surface area contributed by atoms with Crippen molar-refractivity contribution in [3.05, 3.63) is 72.1 Å². The lowest BCUT2D eigenvalue weighted by Crippen LogP contribution is -2.44. The number of carboxylic acid groups (broad SMARTS) is 1. The van der Waals surface area contributed by atoms with Gasteiger partial charge in [-0.2, -0.15) is 5.10 Å². The van der Waals surface area contributed by atoms with Gasteiger partial charge in [-0.05, 0) is 60.9 Å². The lowest BCUT2D eigenvalue weighted by Gasteiger charge is -2.32. The quantitative estimate of drug-likeness (QED) is 0.357. The number of benzene rings is 2. The van der Waals surface area contributed by atoms with E-state index in [9.17, 15) is 19.5 Å². The van der Waals surface area contributed by atoms with Gasteiger partial charge in [0.2, 0.25) is 11.8 Å². The van der Waals surface area contributed by atoms with E-state index in [2.05, 4.69) is 10.4 Å². The molecule has 212 valence electrons. The third kappa shape index (κ3) is 8.18. The fraction of sp³-hybridized carbons (Fsp3) is 0.419. The van der Waals surface area contributed by atoms with E-state index < -0.39 is 12.0 Å². The van der Waals surface area contributed by atoms with Crippen molar-refractivity contribution in [2.45, 2.75) is 51.5 Å². The van der Waals surface area contributed by atoms with Gasteiger partial charge in [-0.15, -0.1) is 0 Å². The first-order valence-electron chi connectivity index (χ1n) is 13.9. The number of aryl methyl sites for hydroxylation is 2. The Balaban J connectivity index is 1.19. The van der Waals surface area contributed by atoms with E-state index in [1.807, 2.05) is 73.6 Å². The van der Waals surface area contributed by atoms with E-state index in [1.54, 1.807) is 10.9 Å². The standard InChI is InChI=1S/C31H38N4O5/c1-3-40-27-11-6-22(7-12-27)8-13-30(37)35-16-14-24(15-17-35)19-29(36)33-28(31(38)39)18-23-4-9-25(10-5-23)26-20-32-34(2)21-26/h4-7,9-12,20-21,24,28H,3,8,13-19H2,1-2H3,(H,33,36)(H,38,39). The second kappa shape index (κ2) is 13.8. The van der Waals surface area contributed by atoms with Gasteiger partial charge >= 0.3 is 5.97 Å². The van der Waals surface area contributed by atoms with E-state index in [1.165, 1.54) is 0 Å². The molecule has 2 aromatic carbocycles. The van der Waals surface area contributed by atoms with Crippen LogP contribution in [0.2, 0.25) is 0 Å². The zero-order chi connectivity index (χ0) is 28.5. The maximum absolute atomic E-state index is 12.7. The van der Waals surface area contributed by atoms with Crippen LogP contribution >= 0.6 is 0 Å². The number of ether oxygens (including phenoxy) is 1. The first-order valence-corrected chi connectivity index (χ1v) is 13.9. The number of hydrogen-bond acceptors (Lipinski definition) is 5. The molecule has 40 heavy (non-hydrogen) atoms. The fourth-order valence-electron chi connectivity index (χ4n) is 5.07. The lowest BCUT2D eigenvalue weighted by atomic mass is 9.92. The minimum Gasteiger partial charge on any atom is -0.494 e. The molecule has 1 aliphatic heterocycles. The van der Waals surface area contributed by atoms with Gasteiger partial charge in [0.1, 0.15) is 11.8 Å². The molecular weight excluding hydrogens is 508 g/mol. The van der Waals surface area contributed by atoms with Gasteiger partial charge in [-0.3, -0.25) is 14.3 Å². The van der Waals surface area contributed by atoms with Crippen molar-refractivity contribution < 1.29 is 24.2 Å². The highest BCUT2D eigenvalue weighted by Gasteiger charge is 2.26. The smallest absolute Gasteiger partial charge is 0.326 e. The topological polar surface area (TPSA) is 114 Å². The Morgan fingerprint density at radius 1 is 1.02 bits per heavy atom. The summed E-state index contributed by atoms with van der Waals surface area (Å²) in [6.07, 6.45) is 6.75. The summed E-state index contributed by atoms with van der Waals surface area (Å²) in [5.41, 5.74) is 3.91. The third-order valence-electron chi connectivity index (χ3n) is 7.37. The molecule has 9 nitrogen and oxygen atoms in total. The molecule has 1 atom stereocenters. The van der Waals surface area contributed by atoms with Crippen molar-refractivity contribution in [2.75, 3.05) is 19.7 Å². The molecule has 9 heteroatoms. The first kappa shape index (κ1) is 28.9. The number of rotatable bonds is 12. The number of aliphatic carboxylic acids is 1. The molecule has 1 aliphatic rings. The number of hydrogen-bond donors (Lipinski definition) is 2. The molecule has 4 rings (SSSR count). The number of nitrogens with zero attached hydrogens (tertiary/aromatic N) is 3. The number of carbonyl (C=O) groups is 3. The zero-order valence-corrected chi connectivity index (χ0v) is 23.2. The third-order valence-corrected chi connectivity index (χ3v) is 7.37. The van der Waals surface area contributed by atoms with Crippen LogP contribution in [0.25, 0.3) is 11.1 Å². The molecule has 2 amide bonds. The molecule has 0 spiro atoms. The first-order chi connectivity index (χ1) is 19.3. The zero-order valence-electron chi connectivity index (χ0n) is 23.2. The number of carboxylic acids is 1. The highest BCUT2D eigenvalue weighted by Crippen LogP contribution is 2.23. The van der Waals surface area contributed by atoms with Crippen molar-refractivity contribution >= 4 is 17.8 Å². The summed E-state index contributed by atoms with van der Waals surface area (Å²) in [5.74, 6) is -0.244. The fourth-order valence-corrected chi connectivity index (χ4v) is 5.07. The van der Waals surface area contributed by atoms with E-state index in [0.29, 0.717) is 32.5 Å². The van der Waals surface area contributed by atoms with Crippen LogP contribution < -0.4 is 10.1 Å². The number of carbonyl (C=O) groups excluding carboxylic acids is 2. The minimum absolute atomic E-state index is 0.122. The van der Waals surface area contributed by atoms with Gasteiger partial charge in [0.25, 0.3) is 0 Å². The van der Waals surface area contributed by atoms with Crippen LogP contribution in [0.1, 0.15) is 43.7 Å². The number of piperidine rings is 1. The Morgan fingerprint density at radius 2 is 1.70 bits per heavy atom. The van der Waals surface area contributed by atoms with Gasteiger partial charge in [0.15, 0.2) is 0 Å². The van der Waals surface area contributed by atoms with E-state index in [-0.39, 0.29) is 30.6 Å². The molecule has 1 saturated heterocycles. The molecule has 2 heterocycles. The molecule has 1 unspecified atom stereocenters. The van der Waals surface area contributed by atoms with E-state index in [4.69, 9.17) is 4.74 Å². The SMILES string of the molecule is CCOc1ccc(CCC(=O)N2CCC(CC(=O)NC(Cc3ccc(-c4cnn(C)c4)cc3)C(=O)O)CC2)cc1. The Kier molecular flexibility index (Phi) is 9.94. The molecule has 0 aliphatic carbocycles. The molecule has 0 saturated carbocycles. The van der Waals surface area contributed by atoms with Gasteiger partial charge in [-0.1, -0.05) is 36.4 Å². The van der Waals surface area contributed by atoms with Crippen LogP contribution in [0.5, 0.6) is 5.75 Å². The van der Waals surface area contributed by atoms with Gasteiger partial charge in [0, 0.05) is 51.2 Å². The monoisotopic (exact) mass is 546 g/mol. The molecule has 0 bridgehead atoms. The largest absolute Gasteiger partial charge is 0.494 e. The molecule has 1 fully saturated rings. The van der Waals surface area contributed by atoms with Gasteiger partial charge < -0.3 is 20.1 Å². The van der Waals surface area contributed by atoms with Crippen LogP contribution in [-0.2, 0) is 34.3 Å². The Morgan fingerprint density at radius 3 is 2.30 bits per heavy atom. The summed E-state index contributed by atoms with van der Waals surface area (Å²) >= 11 is 0. The van der Waals surface area contributed by atoms with Crippen LogP contribution in [0, 0.1) is 5.92 Å². The van der Waals surface area contributed by atoms with Gasteiger partial charge in [0.05, 0.1) is 12.8 Å². The van der Waals surface area contributed by atoms with Crippen molar-refractivity contribution in [1.82, 2.24) is 20.0 Å². The summed E-state index contributed by atoms with van der Waals surface area (Å²) in [7, 11) is 1.85. The average Bonchev–Trinajstić information content (AvgIpc) is 3.39. The molecule has 3 aromatic rings. The Bertz CT molecular complexity index is 1280. The Hall–Kier alpha value is -4.14. The summed E-state index contributed by atoms with van der Waals surface area (Å²) in [4.78, 5) is 39.2. The molecular formula is C31H38N4O5. The predicted octanol–water partition coefficient (Wildman–Crippen LogP) is 3.86. The van der Waals surface area contributed by atoms with Crippen molar-refractivity contribution in [2.24, 2.45) is 13.0 Å². The number of aromatic nitrogens is 2. The highest BCUT2D eigenvalue weighted by atomic mass is 16.5. The van der Waals surface area contributed by atoms with Crippen LogP contribution in [-0.4, -0.2) is 63.3 Å². The second-order valence-corrected chi connectivity index (χ2v) is 10.4. The number of amides is 2. The molecule has 0 radical (unpaired) electrons. The summed E-state index contributed by atoms with van der Waals surface area (Å²) in [6.45, 7) is 3.80. The van der Waals surface area contributed by atoms with E-state index in [0.717, 1.165) is 40.8 Å². The maximum atomic E-state index is 12.7. The summed E-state index contributed by atoms with van der Waals surface area (Å²) in [5, 5.41) is 16.6. The number of nitrogens with one attached hydrogen (secondary N) is 1. The summed E-state index contributed by atoms with van der Waals surface area (Å²) in [6, 6.07) is 14.5. The minimum atomic E-state index is -1.06. The van der Waals surface area contributed by atoms with Crippen molar-refractivity contribution in [1.29, 1.82) is 0 Å². The van der Waals surface area contributed by atoms with Gasteiger partial charge in [-0.25, -0.2) is 4.79 Å². The number of likely N-dealkylation sites (tertiary alicyclic amines) is 1. The van der Waals surface area contributed by atoms with E-state index >= 15 is 0 Å². The second-order valence-electron chi connectivity index (χ2n) is 10.4. The molecule has 1 aromatic heterocycles. The maximum Gasteiger partial charge on any atom is 0.326 e. The summed E-state index contributed by atoms with van der Waals surface area (Å²) < 4.78 is 7.19. The molecule has 2 N–H and O–H groups in total. The van der Waals surface area contributed by atoms with Crippen LogP contribution in [0.3, 0.4) is 0 Å². The van der Waals surface area contributed by atoms with Crippen molar-refractivity contribution in [3.63, 3.8) is 0 Å². The van der Waals surface area contributed by atoms with Crippen molar-refractivity contribution in [3.8, 4) is 16.9 Å². The highest BCUT2D eigenvalue weighted by molar-refractivity contribution is 5.84. The predicted molar refractivity (Wildman–Crippen MR) is 152 cm³/mol. The van der Waals surface area contributed by atoms with Crippen LogP contribution in [0.4, 0.5) is 0 Å². The lowest BCUT2D eigenvalue weighted by molar-refractivity contribution is -0.142. The normalized spacial score (nSPS) is 14.5. The Labute approximate surface area is 235 Å².